The highest BCUT2D eigenvalue weighted by atomic mass is 19.2. The third kappa shape index (κ3) is 3.51. The van der Waals surface area contributed by atoms with Gasteiger partial charge in [-0.25, -0.2) is 9.59 Å². The van der Waals surface area contributed by atoms with Crippen molar-refractivity contribution in [2.75, 3.05) is 13.2 Å². The molecule has 0 aliphatic heterocycles. The van der Waals surface area contributed by atoms with Crippen LogP contribution in [0.4, 0.5) is 8.78 Å². The Morgan fingerprint density at radius 1 is 0.929 bits per heavy atom. The van der Waals surface area contributed by atoms with Gasteiger partial charge in [0.05, 0.1) is 13.2 Å². The van der Waals surface area contributed by atoms with Crippen LogP contribution < -0.4 is 0 Å². The first kappa shape index (κ1) is 12.5. The zero-order chi connectivity index (χ0) is 11.1. The second-order valence-electron chi connectivity index (χ2n) is 2.07. The van der Waals surface area contributed by atoms with Crippen molar-refractivity contribution in [3.05, 3.63) is 11.7 Å². The highest BCUT2D eigenvalue weighted by Gasteiger charge is 2.23. The van der Waals surface area contributed by atoms with Crippen molar-refractivity contribution in [1.82, 2.24) is 0 Å². The van der Waals surface area contributed by atoms with E-state index in [2.05, 4.69) is 9.47 Å². The molecule has 80 valence electrons. The van der Waals surface area contributed by atoms with Crippen LogP contribution in [0.1, 0.15) is 13.8 Å². The molecule has 0 spiro atoms. The molecule has 6 heteroatoms. The smallest absolute Gasteiger partial charge is 0.370 e. The summed E-state index contributed by atoms with van der Waals surface area (Å²) in [5.41, 5.74) is 0. The van der Waals surface area contributed by atoms with E-state index in [1.165, 1.54) is 13.8 Å². The van der Waals surface area contributed by atoms with Crippen molar-refractivity contribution in [3.63, 3.8) is 0 Å². The van der Waals surface area contributed by atoms with Crippen LogP contribution in [0.2, 0.25) is 0 Å². The van der Waals surface area contributed by atoms with Crippen LogP contribution in [0, 0.1) is 0 Å². The van der Waals surface area contributed by atoms with Crippen LogP contribution >= 0.6 is 0 Å². The van der Waals surface area contributed by atoms with Crippen LogP contribution in [0.15, 0.2) is 11.7 Å². The van der Waals surface area contributed by atoms with Gasteiger partial charge in [0.25, 0.3) is 11.7 Å². The van der Waals surface area contributed by atoms with Gasteiger partial charge in [-0.15, -0.1) is 0 Å². The number of halogens is 2. The van der Waals surface area contributed by atoms with E-state index in [0.29, 0.717) is 0 Å². The molecule has 4 nitrogen and oxygen atoms in total. The SMILES string of the molecule is CCOC(=O)/C(F)=C(\F)C(=O)OCC. The fraction of sp³-hybridized carbons (Fsp3) is 0.500. The van der Waals surface area contributed by atoms with Crippen LogP contribution in [0.25, 0.3) is 0 Å². The quantitative estimate of drug-likeness (QED) is 0.515. The highest BCUT2D eigenvalue weighted by molar-refractivity contribution is 5.97. The maximum atomic E-state index is 12.7. The lowest BCUT2D eigenvalue weighted by molar-refractivity contribution is -0.144. The first-order valence-electron chi connectivity index (χ1n) is 3.94. The van der Waals surface area contributed by atoms with Crippen LogP contribution in [0.3, 0.4) is 0 Å². The lowest BCUT2D eigenvalue weighted by Crippen LogP contribution is -2.12. The zero-order valence-corrected chi connectivity index (χ0v) is 7.80. The third-order valence-corrected chi connectivity index (χ3v) is 1.10. The van der Waals surface area contributed by atoms with E-state index >= 15 is 0 Å². The van der Waals surface area contributed by atoms with Crippen molar-refractivity contribution in [1.29, 1.82) is 0 Å². The maximum Gasteiger partial charge on any atom is 0.370 e. The summed E-state index contributed by atoms with van der Waals surface area (Å²) in [7, 11) is 0. The second-order valence-corrected chi connectivity index (χ2v) is 2.07. The van der Waals surface area contributed by atoms with Crippen molar-refractivity contribution in [3.8, 4) is 0 Å². The van der Waals surface area contributed by atoms with Gasteiger partial charge in [-0.1, -0.05) is 0 Å². The number of hydrogen-bond donors (Lipinski definition) is 0. The van der Waals surface area contributed by atoms with Crippen LogP contribution in [-0.4, -0.2) is 25.2 Å². The molecule has 0 saturated heterocycles. The molecule has 0 aliphatic carbocycles. The van der Waals surface area contributed by atoms with Crippen LogP contribution in [-0.2, 0) is 19.1 Å². The first-order chi connectivity index (χ1) is 6.54. The average molecular weight is 208 g/mol. The van der Waals surface area contributed by atoms with Crippen LogP contribution in [0.5, 0.6) is 0 Å². The number of carbonyl (C=O) groups is 2. The van der Waals surface area contributed by atoms with Gasteiger partial charge < -0.3 is 9.47 Å². The Hall–Kier alpha value is -1.46. The van der Waals surface area contributed by atoms with E-state index in [9.17, 15) is 18.4 Å². The number of rotatable bonds is 4. The van der Waals surface area contributed by atoms with Gasteiger partial charge in [0.2, 0.25) is 0 Å². The number of hydrogen-bond acceptors (Lipinski definition) is 4. The van der Waals surface area contributed by atoms with Gasteiger partial charge in [0, 0.05) is 0 Å². The predicted octanol–water partition coefficient (Wildman–Crippen LogP) is 1.26. The molecular weight excluding hydrogens is 198 g/mol. The van der Waals surface area contributed by atoms with E-state index in [-0.39, 0.29) is 13.2 Å². The first-order valence-corrected chi connectivity index (χ1v) is 3.94. The molecule has 0 aromatic heterocycles. The minimum absolute atomic E-state index is 0.109. The Kier molecular flexibility index (Phi) is 5.43. The second kappa shape index (κ2) is 6.06. The van der Waals surface area contributed by atoms with Gasteiger partial charge in [0.15, 0.2) is 0 Å². The largest absolute Gasteiger partial charge is 0.461 e. The summed E-state index contributed by atoms with van der Waals surface area (Å²) in [5.74, 6) is -6.77. The van der Waals surface area contributed by atoms with E-state index in [1.54, 1.807) is 0 Å². The standard InChI is InChI=1S/C8H10F2O4/c1-3-13-7(11)5(9)6(10)8(12)14-4-2/h3-4H2,1-2H3/b6-5+. The minimum atomic E-state index is -1.87. The van der Waals surface area contributed by atoms with Gasteiger partial charge >= 0.3 is 11.9 Å². The maximum absolute atomic E-state index is 12.7. The Labute approximate surface area is 79.5 Å². The average Bonchev–Trinajstić information content (AvgIpc) is 2.16. The number of ether oxygens (including phenoxy) is 2. The van der Waals surface area contributed by atoms with Gasteiger partial charge in [-0.2, -0.15) is 8.78 Å². The summed E-state index contributed by atoms with van der Waals surface area (Å²) in [6.45, 7) is 2.63. The van der Waals surface area contributed by atoms with Gasteiger partial charge in [0.1, 0.15) is 0 Å². The monoisotopic (exact) mass is 208 g/mol. The highest BCUT2D eigenvalue weighted by Crippen LogP contribution is 2.11. The minimum Gasteiger partial charge on any atom is -0.461 e. The molecule has 0 saturated carbocycles. The van der Waals surface area contributed by atoms with E-state index in [1.807, 2.05) is 0 Å². The molecule has 0 heterocycles. The third-order valence-electron chi connectivity index (χ3n) is 1.10. The van der Waals surface area contributed by atoms with E-state index in [4.69, 9.17) is 0 Å². The molecule has 0 aromatic carbocycles. The van der Waals surface area contributed by atoms with Crippen molar-refractivity contribution >= 4 is 11.9 Å². The molecule has 0 N–H and O–H groups in total. The predicted molar refractivity (Wildman–Crippen MR) is 42.5 cm³/mol. The fourth-order valence-corrected chi connectivity index (χ4v) is 0.568. The number of carbonyl (C=O) groups excluding carboxylic acids is 2. The Morgan fingerprint density at radius 3 is 1.43 bits per heavy atom. The molecule has 0 amide bonds. The van der Waals surface area contributed by atoms with Gasteiger partial charge in [-0.3, -0.25) is 0 Å². The lowest BCUT2D eigenvalue weighted by Gasteiger charge is -2.01. The molecule has 0 atom stereocenters. The molecule has 14 heavy (non-hydrogen) atoms. The zero-order valence-electron chi connectivity index (χ0n) is 7.80. The fourth-order valence-electron chi connectivity index (χ4n) is 0.568. The van der Waals surface area contributed by atoms with Crippen molar-refractivity contribution in [2.45, 2.75) is 13.8 Å². The molecule has 0 aliphatic rings. The molecule has 0 radical (unpaired) electrons. The summed E-state index contributed by atoms with van der Waals surface area (Å²) in [4.78, 5) is 21.2. The summed E-state index contributed by atoms with van der Waals surface area (Å²) < 4.78 is 33.6. The van der Waals surface area contributed by atoms with Crippen molar-refractivity contribution < 1.29 is 27.8 Å². The topological polar surface area (TPSA) is 52.6 Å². The molecule has 0 aromatic rings. The Morgan fingerprint density at radius 2 is 1.21 bits per heavy atom. The Bertz CT molecular complexity index is 234. The molecule has 0 rings (SSSR count). The molecule has 0 unspecified atom stereocenters. The van der Waals surface area contributed by atoms with Crippen molar-refractivity contribution in [2.24, 2.45) is 0 Å². The van der Waals surface area contributed by atoms with Gasteiger partial charge in [-0.05, 0) is 13.8 Å². The summed E-state index contributed by atoms with van der Waals surface area (Å²) in [6, 6.07) is 0. The Balaban J connectivity index is 4.57. The molecule has 0 fully saturated rings. The van der Waals surface area contributed by atoms with E-state index < -0.39 is 23.6 Å². The lowest BCUT2D eigenvalue weighted by atomic mass is 10.4. The molecular formula is C8H10F2O4. The van der Waals surface area contributed by atoms with E-state index in [0.717, 1.165) is 0 Å². The molecule has 0 bridgehead atoms. The number of esters is 2. The summed E-state index contributed by atoms with van der Waals surface area (Å²) in [5, 5.41) is 0. The summed E-state index contributed by atoms with van der Waals surface area (Å²) in [6.07, 6.45) is 0. The summed E-state index contributed by atoms with van der Waals surface area (Å²) >= 11 is 0. The normalized spacial score (nSPS) is 11.7.